The minimum atomic E-state index is -1.55. The van der Waals surface area contributed by atoms with E-state index in [-0.39, 0.29) is 30.5 Å². The summed E-state index contributed by atoms with van der Waals surface area (Å²) in [5.41, 5.74) is 5.76. The molecule has 2 aromatic carbocycles. The smallest absolute Gasteiger partial charge is 0.254 e. The highest BCUT2D eigenvalue weighted by molar-refractivity contribution is 5.95. The van der Waals surface area contributed by atoms with Gasteiger partial charge in [0.25, 0.3) is 5.91 Å². The summed E-state index contributed by atoms with van der Waals surface area (Å²) < 4.78 is 33.8. The van der Waals surface area contributed by atoms with Crippen molar-refractivity contribution in [2.75, 3.05) is 12.4 Å². The van der Waals surface area contributed by atoms with Gasteiger partial charge in [-0.1, -0.05) is 24.3 Å². The number of carbonyl (C=O) groups is 2. The van der Waals surface area contributed by atoms with E-state index in [0.29, 0.717) is 11.1 Å². The average Bonchev–Trinajstić information content (AvgIpc) is 2.65. The van der Waals surface area contributed by atoms with Crippen LogP contribution in [0.25, 0.3) is 0 Å². The van der Waals surface area contributed by atoms with Crippen LogP contribution in [0.1, 0.15) is 29.7 Å². The monoisotopic (exact) mass is 426 g/mol. The number of nitrogens with one attached hydrogen (secondary N) is 3. The quantitative estimate of drug-likeness (QED) is 0.402. The molecule has 0 saturated carbocycles. The normalized spacial score (nSPS) is 11.2. The molecule has 2 amide bonds. The Morgan fingerprint density at radius 3 is 2.31 bits per heavy atom. The molecule has 0 aliphatic heterocycles. The van der Waals surface area contributed by atoms with Crippen LogP contribution in [0.3, 0.4) is 0 Å². The molecular formula is C19H21ClF2N4O3. The first-order chi connectivity index (χ1) is 13.2. The van der Waals surface area contributed by atoms with Crippen molar-refractivity contribution in [1.82, 2.24) is 5.32 Å². The number of amides is 2. The Kier molecular flexibility index (Phi) is 8.68. The topological polar surface area (TPSA) is 117 Å². The van der Waals surface area contributed by atoms with Gasteiger partial charge in [0, 0.05) is 26.1 Å². The Bertz CT molecular complexity index is 907. The largest absolute Gasteiger partial charge is 0.384 e. The maximum Gasteiger partial charge on any atom is 0.254 e. The maximum atomic E-state index is 14.6. The molecule has 0 aromatic heterocycles. The number of hydrogen-bond donors (Lipinski definition) is 4. The second-order valence-electron chi connectivity index (χ2n) is 5.95. The summed E-state index contributed by atoms with van der Waals surface area (Å²) >= 11 is 0. The first-order valence-electron chi connectivity index (χ1n) is 8.24. The van der Waals surface area contributed by atoms with E-state index in [1.54, 1.807) is 24.3 Å². The molecule has 29 heavy (non-hydrogen) atoms. The molecule has 7 nitrogen and oxygen atoms in total. The third-order valence-corrected chi connectivity index (χ3v) is 3.90. The van der Waals surface area contributed by atoms with Crippen LogP contribution in [0.5, 0.6) is 0 Å². The van der Waals surface area contributed by atoms with Gasteiger partial charge in [0.1, 0.15) is 11.7 Å². The Hall–Kier alpha value is -3.04. The number of ether oxygens (including phenoxy) is 1. The molecule has 1 atom stereocenters. The molecule has 156 valence electrons. The first kappa shape index (κ1) is 24.0. The van der Waals surface area contributed by atoms with Crippen molar-refractivity contribution in [3.8, 4) is 0 Å². The predicted molar refractivity (Wildman–Crippen MR) is 107 cm³/mol. The van der Waals surface area contributed by atoms with Crippen molar-refractivity contribution in [3.05, 3.63) is 64.7 Å². The number of anilines is 1. The lowest BCUT2D eigenvalue weighted by Gasteiger charge is -2.18. The van der Waals surface area contributed by atoms with Gasteiger partial charge in [-0.3, -0.25) is 15.0 Å². The van der Waals surface area contributed by atoms with Crippen LogP contribution >= 0.6 is 12.4 Å². The Morgan fingerprint density at radius 1 is 1.17 bits per heavy atom. The number of carbonyl (C=O) groups excluding carboxylic acids is 2. The van der Waals surface area contributed by atoms with Gasteiger partial charge in [0.15, 0.2) is 11.9 Å². The Balaban J connectivity index is 0.00000420. The van der Waals surface area contributed by atoms with Crippen LogP contribution in [-0.2, 0) is 20.9 Å². The number of nitrogen functional groups attached to an aromatic ring is 1. The molecule has 0 radical (unpaired) electrons. The molecule has 5 N–H and O–H groups in total. The second-order valence-corrected chi connectivity index (χ2v) is 5.95. The van der Waals surface area contributed by atoms with Crippen LogP contribution in [0.4, 0.5) is 14.5 Å². The SMILES string of the molecule is CO[C@H](C(=O)NCc1ccc(C(=N)N)cc1)c1c(F)ccc(NC(C)=O)c1F.Cl. The van der Waals surface area contributed by atoms with E-state index in [1.807, 2.05) is 0 Å². The lowest BCUT2D eigenvalue weighted by molar-refractivity contribution is -0.131. The Morgan fingerprint density at radius 2 is 1.79 bits per heavy atom. The summed E-state index contributed by atoms with van der Waals surface area (Å²) in [7, 11) is 1.15. The van der Waals surface area contributed by atoms with Crippen molar-refractivity contribution >= 4 is 35.7 Å². The molecular weight excluding hydrogens is 406 g/mol. The van der Waals surface area contributed by atoms with Crippen LogP contribution in [-0.4, -0.2) is 24.8 Å². The van der Waals surface area contributed by atoms with Crippen molar-refractivity contribution in [2.24, 2.45) is 5.73 Å². The average molecular weight is 427 g/mol. The summed E-state index contributed by atoms with van der Waals surface area (Å²) in [5.74, 6) is -3.43. The van der Waals surface area contributed by atoms with E-state index in [1.165, 1.54) is 6.92 Å². The number of nitrogens with two attached hydrogens (primary N) is 1. The van der Waals surface area contributed by atoms with E-state index < -0.39 is 35.1 Å². The summed E-state index contributed by atoms with van der Waals surface area (Å²) in [6, 6.07) is 8.58. The molecule has 0 aliphatic rings. The van der Waals surface area contributed by atoms with E-state index in [9.17, 15) is 18.4 Å². The third-order valence-electron chi connectivity index (χ3n) is 3.90. The first-order valence-corrected chi connectivity index (χ1v) is 8.24. The van der Waals surface area contributed by atoms with E-state index >= 15 is 0 Å². The van der Waals surface area contributed by atoms with E-state index in [0.717, 1.165) is 19.2 Å². The van der Waals surface area contributed by atoms with Crippen LogP contribution in [0.2, 0.25) is 0 Å². The summed E-state index contributed by atoms with van der Waals surface area (Å²) in [6.07, 6.45) is -1.55. The third kappa shape index (κ3) is 5.97. The van der Waals surface area contributed by atoms with Gasteiger partial charge >= 0.3 is 0 Å². The second kappa shape index (κ2) is 10.5. The Labute approximate surface area is 172 Å². The molecule has 0 aliphatic carbocycles. The molecule has 0 unspecified atom stereocenters. The number of amidine groups is 1. The molecule has 0 saturated heterocycles. The zero-order chi connectivity index (χ0) is 20.8. The minimum Gasteiger partial charge on any atom is -0.384 e. The maximum absolute atomic E-state index is 14.6. The molecule has 0 fully saturated rings. The summed E-state index contributed by atoms with van der Waals surface area (Å²) in [4.78, 5) is 23.6. The standard InChI is InChI=1S/C19H20F2N4O3.ClH/c1-10(26)25-14-8-7-13(20)15(16(14)21)17(28-2)19(27)24-9-11-3-5-12(6-4-11)18(22)23;/h3-8,17H,9H2,1-2H3,(H3,22,23)(H,24,27)(H,25,26);1H/t17-;/m0./s1. The van der Waals surface area contributed by atoms with Crippen molar-refractivity contribution in [3.63, 3.8) is 0 Å². The molecule has 10 heteroatoms. The van der Waals surface area contributed by atoms with Crippen LogP contribution < -0.4 is 16.4 Å². The lowest BCUT2D eigenvalue weighted by Crippen LogP contribution is -2.31. The number of hydrogen-bond acceptors (Lipinski definition) is 4. The molecule has 0 heterocycles. The van der Waals surface area contributed by atoms with Gasteiger partial charge in [0.2, 0.25) is 5.91 Å². The fourth-order valence-corrected chi connectivity index (χ4v) is 2.54. The van der Waals surface area contributed by atoms with Gasteiger partial charge in [-0.15, -0.1) is 12.4 Å². The van der Waals surface area contributed by atoms with Crippen LogP contribution in [0, 0.1) is 17.0 Å². The van der Waals surface area contributed by atoms with Gasteiger partial charge in [-0.25, -0.2) is 8.78 Å². The van der Waals surface area contributed by atoms with Crippen molar-refractivity contribution in [1.29, 1.82) is 5.41 Å². The molecule has 0 spiro atoms. The fourth-order valence-electron chi connectivity index (χ4n) is 2.54. The molecule has 2 aromatic rings. The van der Waals surface area contributed by atoms with Gasteiger partial charge in [0.05, 0.1) is 11.3 Å². The number of benzene rings is 2. The van der Waals surface area contributed by atoms with Gasteiger partial charge in [-0.05, 0) is 17.7 Å². The zero-order valence-electron chi connectivity index (χ0n) is 15.7. The van der Waals surface area contributed by atoms with Crippen LogP contribution in [0.15, 0.2) is 36.4 Å². The zero-order valence-corrected chi connectivity index (χ0v) is 16.5. The highest BCUT2D eigenvalue weighted by atomic mass is 35.5. The lowest BCUT2D eigenvalue weighted by atomic mass is 10.1. The fraction of sp³-hybridized carbons (Fsp3) is 0.211. The van der Waals surface area contributed by atoms with Crippen molar-refractivity contribution in [2.45, 2.75) is 19.6 Å². The number of halogens is 3. The molecule has 0 bridgehead atoms. The van der Waals surface area contributed by atoms with Crippen molar-refractivity contribution < 1.29 is 23.1 Å². The van der Waals surface area contributed by atoms with Gasteiger partial charge < -0.3 is 21.1 Å². The van der Waals surface area contributed by atoms with Gasteiger partial charge in [-0.2, -0.15) is 0 Å². The summed E-state index contributed by atoms with van der Waals surface area (Å²) in [5, 5.41) is 12.1. The number of rotatable bonds is 7. The predicted octanol–water partition coefficient (Wildman–Crippen LogP) is 2.63. The highest BCUT2D eigenvalue weighted by Gasteiger charge is 2.28. The minimum absolute atomic E-state index is 0. The number of methoxy groups -OCH3 is 1. The van der Waals surface area contributed by atoms with E-state index in [4.69, 9.17) is 15.9 Å². The molecule has 2 rings (SSSR count). The van der Waals surface area contributed by atoms with E-state index in [2.05, 4.69) is 10.6 Å². The highest BCUT2D eigenvalue weighted by Crippen LogP contribution is 2.28. The summed E-state index contributed by atoms with van der Waals surface area (Å²) in [6.45, 7) is 1.26.